The molecule has 5 nitrogen and oxygen atoms in total. The van der Waals surface area contributed by atoms with Crippen LogP contribution in [0.2, 0.25) is 0 Å². The predicted molar refractivity (Wildman–Crippen MR) is 92.4 cm³/mol. The first kappa shape index (κ1) is 19.8. The summed E-state index contributed by atoms with van der Waals surface area (Å²) < 4.78 is 27.5. The first-order valence-corrected chi connectivity index (χ1v) is 9.75. The van der Waals surface area contributed by atoms with Gasteiger partial charge in [-0.3, -0.25) is 4.79 Å². The molecule has 0 aliphatic carbocycles. The zero-order valence-electron chi connectivity index (χ0n) is 14.6. The largest absolute Gasteiger partial charge is 0.335 e. The molecule has 0 aromatic heterocycles. The molecule has 0 spiro atoms. The Balaban J connectivity index is 2.64. The van der Waals surface area contributed by atoms with E-state index in [4.69, 9.17) is 0 Å². The van der Waals surface area contributed by atoms with Gasteiger partial charge in [0.1, 0.15) is 0 Å². The van der Waals surface area contributed by atoms with Crippen LogP contribution in [-0.4, -0.2) is 39.9 Å². The van der Waals surface area contributed by atoms with Crippen molar-refractivity contribution < 1.29 is 18.1 Å². The monoisotopic (exact) mass is 341 g/mol. The van der Waals surface area contributed by atoms with Crippen molar-refractivity contribution in [2.75, 3.05) is 19.6 Å². The van der Waals surface area contributed by atoms with Gasteiger partial charge in [-0.25, -0.2) is 13.1 Å². The van der Waals surface area contributed by atoms with Gasteiger partial charge in [0.2, 0.25) is 10.0 Å². The molecule has 1 atom stereocenters. The second-order valence-corrected chi connectivity index (χ2v) is 7.67. The standard InChI is InChI=1S/C17H28N2O3S/c1-5-19(6-2)12-8-9-14(3)18-23(21,22)17-11-7-10-16(13-17)15(4)20/h7,10-11,13-14,18H,5-6,8-9,12H2,1-4H3/p+1/t14-/m1/s1. The molecule has 1 aromatic carbocycles. The van der Waals surface area contributed by atoms with Crippen LogP contribution in [0.1, 0.15) is 50.9 Å². The number of nitrogens with one attached hydrogen (secondary N) is 2. The van der Waals surface area contributed by atoms with Gasteiger partial charge in [-0.15, -0.1) is 0 Å². The van der Waals surface area contributed by atoms with Crippen LogP contribution in [0.15, 0.2) is 29.2 Å². The average molecular weight is 341 g/mol. The molecule has 1 aromatic rings. The Morgan fingerprint density at radius 1 is 1.26 bits per heavy atom. The minimum absolute atomic E-state index is 0.129. The molecule has 23 heavy (non-hydrogen) atoms. The molecule has 0 bridgehead atoms. The van der Waals surface area contributed by atoms with Crippen LogP contribution in [0, 0.1) is 0 Å². The van der Waals surface area contributed by atoms with Crippen LogP contribution in [0.3, 0.4) is 0 Å². The van der Waals surface area contributed by atoms with E-state index in [1.165, 1.54) is 24.0 Å². The highest BCUT2D eigenvalue weighted by atomic mass is 32.2. The molecular weight excluding hydrogens is 312 g/mol. The van der Waals surface area contributed by atoms with Gasteiger partial charge in [0.05, 0.1) is 24.5 Å². The maximum Gasteiger partial charge on any atom is 0.240 e. The minimum Gasteiger partial charge on any atom is -0.335 e. The molecule has 0 saturated carbocycles. The van der Waals surface area contributed by atoms with Crippen LogP contribution in [0.4, 0.5) is 0 Å². The maximum absolute atomic E-state index is 12.4. The lowest BCUT2D eigenvalue weighted by atomic mass is 10.2. The zero-order chi connectivity index (χ0) is 17.5. The maximum atomic E-state index is 12.4. The summed E-state index contributed by atoms with van der Waals surface area (Å²) in [5.74, 6) is -0.141. The number of rotatable bonds is 10. The average Bonchev–Trinajstić information content (AvgIpc) is 2.51. The number of quaternary nitrogens is 1. The third-order valence-electron chi connectivity index (χ3n) is 4.07. The highest BCUT2D eigenvalue weighted by Gasteiger charge is 2.18. The summed E-state index contributed by atoms with van der Waals surface area (Å²) in [6, 6.07) is 6.03. The summed E-state index contributed by atoms with van der Waals surface area (Å²) in [6.07, 6.45) is 1.78. The normalized spacial score (nSPS) is 13.3. The third kappa shape index (κ3) is 6.41. The third-order valence-corrected chi connectivity index (χ3v) is 5.66. The fraction of sp³-hybridized carbons (Fsp3) is 0.588. The van der Waals surface area contributed by atoms with E-state index in [9.17, 15) is 13.2 Å². The van der Waals surface area contributed by atoms with Crippen LogP contribution in [0.25, 0.3) is 0 Å². The van der Waals surface area contributed by atoms with Crippen LogP contribution >= 0.6 is 0 Å². The molecule has 0 radical (unpaired) electrons. The molecule has 0 amide bonds. The van der Waals surface area contributed by atoms with E-state index < -0.39 is 10.0 Å². The molecule has 6 heteroatoms. The first-order valence-electron chi connectivity index (χ1n) is 8.27. The van der Waals surface area contributed by atoms with Crippen LogP contribution in [-0.2, 0) is 10.0 Å². The summed E-state index contributed by atoms with van der Waals surface area (Å²) in [5.41, 5.74) is 0.408. The van der Waals surface area contributed by atoms with Gasteiger partial charge in [-0.2, -0.15) is 0 Å². The highest BCUT2D eigenvalue weighted by Crippen LogP contribution is 2.13. The highest BCUT2D eigenvalue weighted by molar-refractivity contribution is 7.89. The lowest BCUT2D eigenvalue weighted by Crippen LogP contribution is -3.11. The van der Waals surface area contributed by atoms with Crippen molar-refractivity contribution in [3.05, 3.63) is 29.8 Å². The van der Waals surface area contributed by atoms with E-state index in [2.05, 4.69) is 18.6 Å². The van der Waals surface area contributed by atoms with Gasteiger partial charge >= 0.3 is 0 Å². The van der Waals surface area contributed by atoms with Crippen molar-refractivity contribution in [3.63, 3.8) is 0 Å². The second kappa shape index (κ2) is 9.15. The van der Waals surface area contributed by atoms with Crippen molar-refractivity contribution >= 4 is 15.8 Å². The zero-order valence-corrected chi connectivity index (χ0v) is 15.4. The van der Waals surface area contributed by atoms with Crippen molar-refractivity contribution in [2.24, 2.45) is 0 Å². The fourth-order valence-corrected chi connectivity index (χ4v) is 3.86. The van der Waals surface area contributed by atoms with E-state index >= 15 is 0 Å². The topological polar surface area (TPSA) is 67.7 Å². The van der Waals surface area contributed by atoms with E-state index in [1.54, 1.807) is 12.1 Å². The van der Waals surface area contributed by atoms with Gasteiger partial charge in [-0.1, -0.05) is 12.1 Å². The van der Waals surface area contributed by atoms with Gasteiger partial charge < -0.3 is 4.90 Å². The van der Waals surface area contributed by atoms with Crippen molar-refractivity contribution in [3.8, 4) is 0 Å². The number of sulfonamides is 1. The predicted octanol–water partition coefficient (Wildman–Crippen LogP) is 1.26. The molecule has 0 aliphatic rings. The van der Waals surface area contributed by atoms with Gasteiger partial charge in [0, 0.05) is 11.6 Å². The fourth-order valence-electron chi connectivity index (χ4n) is 2.54. The smallest absolute Gasteiger partial charge is 0.240 e. The Kier molecular flexibility index (Phi) is 7.88. The molecule has 0 unspecified atom stereocenters. The van der Waals surface area contributed by atoms with Crippen LogP contribution in [0.5, 0.6) is 0 Å². The lowest BCUT2D eigenvalue weighted by Gasteiger charge is -2.18. The van der Waals surface area contributed by atoms with Crippen molar-refractivity contribution in [1.29, 1.82) is 0 Å². The van der Waals surface area contributed by atoms with Gasteiger partial charge in [0.25, 0.3) is 0 Å². The van der Waals surface area contributed by atoms with Crippen molar-refractivity contribution in [1.82, 2.24) is 4.72 Å². The Bertz CT molecular complexity index is 610. The molecule has 0 saturated heterocycles. The number of carbonyl (C=O) groups is 1. The molecule has 130 valence electrons. The van der Waals surface area contributed by atoms with E-state index in [-0.39, 0.29) is 16.7 Å². The number of hydrogen-bond donors (Lipinski definition) is 2. The Hall–Kier alpha value is -1.24. The Morgan fingerprint density at radius 2 is 1.91 bits per heavy atom. The van der Waals surface area contributed by atoms with Crippen molar-refractivity contribution in [2.45, 2.75) is 51.5 Å². The quantitative estimate of drug-likeness (QED) is 0.630. The SMILES string of the molecule is CC[NH+](CC)CCC[C@@H](C)NS(=O)(=O)c1cccc(C(C)=O)c1. The summed E-state index contributed by atoms with van der Waals surface area (Å²) in [4.78, 5) is 13.1. The molecular formula is C17H29N2O3S+. The number of benzene rings is 1. The molecule has 0 heterocycles. The number of ketones is 1. The number of carbonyl (C=O) groups excluding carboxylic acids is 1. The summed E-state index contributed by atoms with van der Waals surface area (Å²) in [6.45, 7) is 10.9. The number of hydrogen-bond acceptors (Lipinski definition) is 3. The van der Waals surface area contributed by atoms with E-state index in [0.29, 0.717) is 5.56 Å². The molecule has 0 aliphatic heterocycles. The first-order chi connectivity index (χ1) is 10.8. The summed E-state index contributed by atoms with van der Waals surface area (Å²) in [5, 5.41) is 0. The van der Waals surface area contributed by atoms with Gasteiger partial charge in [0.15, 0.2) is 5.78 Å². The Morgan fingerprint density at radius 3 is 2.48 bits per heavy atom. The number of Topliss-reactive ketones (excluding diaryl/α,β-unsaturated/α-hetero) is 1. The summed E-state index contributed by atoms with van der Waals surface area (Å²) >= 11 is 0. The molecule has 1 rings (SSSR count). The molecule has 2 N–H and O–H groups in total. The van der Waals surface area contributed by atoms with E-state index in [0.717, 1.165) is 32.5 Å². The van der Waals surface area contributed by atoms with Crippen LogP contribution < -0.4 is 9.62 Å². The minimum atomic E-state index is -3.59. The lowest BCUT2D eigenvalue weighted by molar-refractivity contribution is -0.896. The Labute approximate surface area is 140 Å². The van der Waals surface area contributed by atoms with Gasteiger partial charge in [-0.05, 0) is 52.7 Å². The second-order valence-electron chi connectivity index (χ2n) is 5.96. The molecule has 0 fully saturated rings. The van der Waals surface area contributed by atoms with E-state index in [1.807, 2.05) is 6.92 Å². The summed E-state index contributed by atoms with van der Waals surface area (Å²) in [7, 11) is -3.59.